The van der Waals surface area contributed by atoms with Crippen LogP contribution in [0.3, 0.4) is 0 Å². The summed E-state index contributed by atoms with van der Waals surface area (Å²) in [6.45, 7) is 13.7. The van der Waals surface area contributed by atoms with E-state index < -0.39 is 89.2 Å². The molecule has 6 atom stereocenters. The van der Waals surface area contributed by atoms with Crippen molar-refractivity contribution in [3.8, 4) is 11.1 Å². The number of hydrogen-bond donors (Lipinski definition) is 8. The quantitative estimate of drug-likeness (QED) is 0.0556. The first-order valence-corrected chi connectivity index (χ1v) is 22.5. The third-order valence-electron chi connectivity index (χ3n) is 9.81. The molecular weight excluding hydrogens is 876 g/mol. The van der Waals surface area contributed by atoms with Gasteiger partial charge in [0.25, 0.3) is 5.91 Å². The lowest BCUT2D eigenvalue weighted by Crippen LogP contribution is -2.59. The van der Waals surface area contributed by atoms with E-state index in [4.69, 9.17) is 31.5 Å². The van der Waals surface area contributed by atoms with Crippen LogP contribution in [0.15, 0.2) is 48.5 Å². The minimum absolute atomic E-state index is 0.0539. The number of carbonyl (C=O) groups is 8. The van der Waals surface area contributed by atoms with Crippen LogP contribution in [0.25, 0.3) is 11.1 Å². The number of amides is 7. The van der Waals surface area contributed by atoms with E-state index in [1.54, 1.807) is 77.9 Å². The Morgan fingerprint density at radius 2 is 1.05 bits per heavy atom. The van der Waals surface area contributed by atoms with E-state index in [-0.39, 0.29) is 50.4 Å². The summed E-state index contributed by atoms with van der Waals surface area (Å²) in [5.74, 6) is -3.78. The number of Topliss-reactive ketones (excluding diaryl/α,β-unsaturated/α-hetero) is 1. The van der Waals surface area contributed by atoms with Crippen molar-refractivity contribution in [2.75, 3.05) is 26.2 Å². The van der Waals surface area contributed by atoms with Crippen LogP contribution in [0.5, 0.6) is 0 Å². The van der Waals surface area contributed by atoms with Crippen LogP contribution in [0.2, 0.25) is 5.02 Å². The first-order valence-electron chi connectivity index (χ1n) is 22.1. The van der Waals surface area contributed by atoms with Crippen molar-refractivity contribution in [2.24, 2.45) is 5.73 Å². The van der Waals surface area contributed by atoms with Gasteiger partial charge in [-0.3, -0.25) is 28.8 Å². The molecule has 66 heavy (non-hydrogen) atoms. The average molecular weight is 944 g/mol. The summed E-state index contributed by atoms with van der Waals surface area (Å²) in [6, 6.07) is 8.14. The molecule has 19 nitrogen and oxygen atoms in total. The Morgan fingerprint density at radius 3 is 1.48 bits per heavy atom. The number of unbranched alkanes of at least 4 members (excludes halogenated alkanes) is 2. The SMILES string of the molecule is C[C@H](NC(=O)[C@H](CCCCNC(=O)OC(C)(C)C)NC(=O)[C@H](CN)NC(=O)c1ccc(-c2ccc(Cl)cc2)cc1)C(=O)N[C@@H](CCCCNC(=O)OC(C)(C)C)C(=O)N[C@@H](C)C(=O)C1CO1. The van der Waals surface area contributed by atoms with Gasteiger partial charge in [-0.1, -0.05) is 35.9 Å². The highest BCUT2D eigenvalue weighted by atomic mass is 35.5. The van der Waals surface area contributed by atoms with Crippen molar-refractivity contribution >= 4 is 59.1 Å². The Labute approximate surface area is 391 Å². The fourth-order valence-corrected chi connectivity index (χ4v) is 6.37. The highest BCUT2D eigenvalue weighted by molar-refractivity contribution is 6.30. The number of nitrogens with one attached hydrogen (secondary N) is 7. The first-order chi connectivity index (χ1) is 31.0. The summed E-state index contributed by atoms with van der Waals surface area (Å²) >= 11 is 6.01. The van der Waals surface area contributed by atoms with Crippen LogP contribution >= 0.6 is 11.6 Å². The third-order valence-corrected chi connectivity index (χ3v) is 10.1. The van der Waals surface area contributed by atoms with Gasteiger partial charge in [0, 0.05) is 30.2 Å². The number of hydrogen-bond acceptors (Lipinski definition) is 12. The number of benzene rings is 2. The molecule has 3 rings (SSSR count). The molecule has 364 valence electrons. The van der Waals surface area contributed by atoms with E-state index in [1.807, 2.05) is 12.1 Å². The van der Waals surface area contributed by atoms with Crippen molar-refractivity contribution in [1.29, 1.82) is 0 Å². The van der Waals surface area contributed by atoms with Crippen molar-refractivity contribution in [1.82, 2.24) is 37.2 Å². The van der Waals surface area contributed by atoms with E-state index >= 15 is 0 Å². The van der Waals surface area contributed by atoms with Gasteiger partial charge in [0.15, 0.2) is 5.78 Å². The smallest absolute Gasteiger partial charge is 0.407 e. The second-order valence-corrected chi connectivity index (χ2v) is 18.4. The van der Waals surface area contributed by atoms with E-state index in [0.29, 0.717) is 30.7 Å². The molecule has 9 N–H and O–H groups in total. The molecule has 0 aromatic heterocycles. The van der Waals surface area contributed by atoms with Gasteiger partial charge < -0.3 is 57.2 Å². The molecule has 1 saturated heterocycles. The number of alkyl carbamates (subject to hydrolysis) is 2. The summed E-state index contributed by atoms with van der Waals surface area (Å²) in [5, 5.41) is 19.0. The molecule has 1 heterocycles. The standard InChI is InChI=1S/C46H67ClN8O11/c1-27(37(56)36-26-64-36)51-40(59)33(13-9-11-23-49-43(62)65-45(3,4)5)53-38(57)28(2)52-41(60)34(14-10-12-24-50-44(63)66-46(6,7)8)54-42(61)35(25-48)55-39(58)31-17-15-29(16-18-31)30-19-21-32(47)22-20-30/h15-22,27-28,33-36H,9-14,23-26,48H2,1-8H3,(H,49,62)(H,50,63)(H,51,59)(H,52,60)(H,53,57)(H,54,61)(H,55,58)/t27-,28-,33-,34-,35-,36?/m0/s1. The predicted octanol–water partition coefficient (Wildman–Crippen LogP) is 3.40. The van der Waals surface area contributed by atoms with Gasteiger partial charge in [-0.2, -0.15) is 0 Å². The molecule has 7 amide bonds. The van der Waals surface area contributed by atoms with Crippen LogP contribution in [0.1, 0.15) is 104 Å². The Kier molecular flexibility index (Phi) is 21.3. The first kappa shape index (κ1) is 54.5. The monoisotopic (exact) mass is 942 g/mol. The molecule has 2 aromatic rings. The van der Waals surface area contributed by atoms with E-state index in [2.05, 4.69) is 37.2 Å². The van der Waals surface area contributed by atoms with Crippen LogP contribution in [0.4, 0.5) is 9.59 Å². The summed E-state index contributed by atoms with van der Waals surface area (Å²) in [6.07, 6.45) is -0.157. The largest absolute Gasteiger partial charge is 0.444 e. The zero-order valence-corrected chi connectivity index (χ0v) is 39.9. The van der Waals surface area contributed by atoms with E-state index in [9.17, 15) is 38.4 Å². The third kappa shape index (κ3) is 20.2. The molecular formula is C46H67ClN8O11. The Hall–Kier alpha value is -5.79. The fourth-order valence-electron chi connectivity index (χ4n) is 6.25. The maximum Gasteiger partial charge on any atom is 0.407 e. The lowest BCUT2D eigenvalue weighted by Gasteiger charge is -2.25. The molecule has 1 aliphatic heterocycles. The topological polar surface area (TPSA) is 278 Å². The van der Waals surface area contributed by atoms with Gasteiger partial charge in [0.1, 0.15) is 41.5 Å². The minimum atomic E-state index is -1.25. The van der Waals surface area contributed by atoms with Crippen LogP contribution in [-0.4, -0.2) is 121 Å². The van der Waals surface area contributed by atoms with Crippen molar-refractivity contribution < 1.29 is 52.6 Å². The number of halogens is 1. The highest BCUT2D eigenvalue weighted by Crippen LogP contribution is 2.22. The predicted molar refractivity (Wildman–Crippen MR) is 247 cm³/mol. The van der Waals surface area contributed by atoms with Crippen LogP contribution in [0, 0.1) is 0 Å². The summed E-state index contributed by atoms with van der Waals surface area (Å²) in [7, 11) is 0. The molecule has 1 aliphatic rings. The number of ketones is 1. The number of ether oxygens (including phenoxy) is 3. The van der Waals surface area contributed by atoms with Crippen molar-refractivity contribution in [3.05, 3.63) is 59.1 Å². The Morgan fingerprint density at radius 1 is 0.621 bits per heavy atom. The normalized spacial score (nSPS) is 15.6. The summed E-state index contributed by atoms with van der Waals surface area (Å²) in [4.78, 5) is 105. The molecule has 1 unspecified atom stereocenters. The van der Waals surface area contributed by atoms with Crippen LogP contribution in [-0.2, 0) is 38.2 Å². The summed E-state index contributed by atoms with van der Waals surface area (Å²) < 4.78 is 15.6. The Balaban J connectivity index is 1.69. The van der Waals surface area contributed by atoms with Gasteiger partial charge >= 0.3 is 12.2 Å². The van der Waals surface area contributed by atoms with Crippen LogP contribution < -0.4 is 43.0 Å². The zero-order valence-electron chi connectivity index (χ0n) is 39.1. The van der Waals surface area contributed by atoms with E-state index in [0.717, 1.165) is 11.1 Å². The number of nitrogens with two attached hydrogens (primary N) is 1. The molecule has 0 aliphatic carbocycles. The van der Waals surface area contributed by atoms with Crippen molar-refractivity contribution in [2.45, 2.75) is 141 Å². The average Bonchev–Trinajstić information content (AvgIpc) is 4.09. The molecule has 1 fully saturated rings. The van der Waals surface area contributed by atoms with Gasteiger partial charge in [0.05, 0.1) is 12.6 Å². The number of rotatable bonds is 24. The second kappa shape index (κ2) is 25.8. The zero-order chi connectivity index (χ0) is 49.2. The molecule has 0 bridgehead atoms. The lowest BCUT2D eigenvalue weighted by molar-refractivity contribution is -0.134. The van der Waals surface area contributed by atoms with E-state index in [1.165, 1.54) is 13.8 Å². The van der Waals surface area contributed by atoms with Gasteiger partial charge in [-0.25, -0.2) is 9.59 Å². The second-order valence-electron chi connectivity index (χ2n) is 18.0. The van der Waals surface area contributed by atoms with Gasteiger partial charge in [-0.05, 0) is 129 Å². The molecule has 0 saturated carbocycles. The van der Waals surface area contributed by atoms with Gasteiger partial charge in [0.2, 0.25) is 23.6 Å². The molecule has 0 radical (unpaired) electrons. The maximum absolute atomic E-state index is 13.8. The van der Waals surface area contributed by atoms with Gasteiger partial charge in [-0.15, -0.1) is 0 Å². The highest BCUT2D eigenvalue weighted by Gasteiger charge is 2.36. The molecule has 0 spiro atoms. The lowest BCUT2D eigenvalue weighted by atomic mass is 10.0. The Bertz CT molecular complexity index is 1980. The molecule has 2 aromatic carbocycles. The fraction of sp³-hybridized carbons (Fsp3) is 0.565. The van der Waals surface area contributed by atoms with Crippen molar-refractivity contribution in [3.63, 3.8) is 0 Å². The molecule has 20 heteroatoms. The number of carbonyl (C=O) groups excluding carboxylic acids is 8. The number of epoxide rings is 1. The maximum atomic E-state index is 13.8. The summed E-state index contributed by atoms with van der Waals surface area (Å²) in [5.41, 5.74) is 6.53. The minimum Gasteiger partial charge on any atom is -0.444 e.